The van der Waals surface area contributed by atoms with Crippen molar-refractivity contribution < 1.29 is 9.53 Å². The minimum Gasteiger partial charge on any atom is -0.490 e. The van der Waals surface area contributed by atoms with E-state index in [0.717, 1.165) is 42.1 Å². The van der Waals surface area contributed by atoms with Crippen LogP contribution in [0.3, 0.4) is 0 Å². The maximum atomic E-state index is 13.3. The summed E-state index contributed by atoms with van der Waals surface area (Å²) in [4.78, 5) is 22.1. The number of rotatable bonds is 4. The first-order valence-corrected chi connectivity index (χ1v) is 11.6. The number of aromatic nitrogens is 3. The van der Waals surface area contributed by atoms with Crippen LogP contribution >= 0.6 is 0 Å². The molecule has 0 aromatic carbocycles. The Balaban J connectivity index is 1.41. The Morgan fingerprint density at radius 1 is 1.27 bits per heavy atom. The van der Waals surface area contributed by atoms with E-state index in [2.05, 4.69) is 45.5 Å². The fourth-order valence-corrected chi connectivity index (χ4v) is 4.99. The molecule has 0 spiro atoms. The molecule has 5 rings (SSSR count). The zero-order chi connectivity index (χ0) is 23.1. The molecule has 0 bridgehead atoms. The van der Waals surface area contributed by atoms with Crippen molar-refractivity contribution in [1.82, 2.24) is 19.9 Å². The Bertz CT molecular complexity index is 1180. The van der Waals surface area contributed by atoms with Gasteiger partial charge in [-0.2, -0.15) is 5.10 Å². The summed E-state index contributed by atoms with van der Waals surface area (Å²) in [7, 11) is 0. The molecule has 3 aromatic heterocycles. The van der Waals surface area contributed by atoms with Crippen molar-refractivity contribution >= 4 is 28.7 Å². The van der Waals surface area contributed by atoms with Crippen molar-refractivity contribution in [2.24, 2.45) is 0 Å². The highest BCUT2D eigenvalue weighted by Gasteiger charge is 2.31. The van der Waals surface area contributed by atoms with Crippen LogP contribution in [0.1, 0.15) is 32.0 Å². The Labute approximate surface area is 193 Å². The normalized spacial score (nSPS) is 20.2. The third-order valence-electron chi connectivity index (χ3n) is 6.22. The number of urea groups is 1. The second kappa shape index (κ2) is 8.55. The Hall–Kier alpha value is -3.33. The second-order valence-corrected chi connectivity index (χ2v) is 8.98. The van der Waals surface area contributed by atoms with Crippen LogP contribution in [0, 0.1) is 6.92 Å². The third-order valence-corrected chi connectivity index (χ3v) is 6.22. The lowest BCUT2D eigenvalue weighted by Gasteiger charge is -2.38. The Morgan fingerprint density at radius 2 is 2.06 bits per heavy atom. The number of ether oxygens (including phenoxy) is 1. The van der Waals surface area contributed by atoms with E-state index in [-0.39, 0.29) is 6.03 Å². The predicted octanol–water partition coefficient (Wildman–Crippen LogP) is 3.22. The van der Waals surface area contributed by atoms with Crippen molar-refractivity contribution in [2.75, 3.05) is 41.4 Å². The van der Waals surface area contributed by atoms with E-state index < -0.39 is 0 Å². The van der Waals surface area contributed by atoms with Crippen molar-refractivity contribution in [3.8, 4) is 5.75 Å². The van der Waals surface area contributed by atoms with E-state index in [9.17, 15) is 4.79 Å². The monoisotopic (exact) mass is 449 g/mol. The molecule has 5 heterocycles. The maximum absolute atomic E-state index is 13.3. The number of pyridine rings is 2. The van der Waals surface area contributed by atoms with Crippen LogP contribution in [0.4, 0.5) is 22.0 Å². The van der Waals surface area contributed by atoms with E-state index in [1.807, 2.05) is 38.4 Å². The van der Waals surface area contributed by atoms with Gasteiger partial charge in [0.15, 0.2) is 5.75 Å². The van der Waals surface area contributed by atoms with Crippen molar-refractivity contribution in [2.45, 2.75) is 46.2 Å². The van der Waals surface area contributed by atoms with E-state index in [1.165, 1.54) is 5.69 Å². The van der Waals surface area contributed by atoms with E-state index in [1.54, 1.807) is 9.42 Å². The van der Waals surface area contributed by atoms with Gasteiger partial charge in [0.25, 0.3) is 0 Å². The number of aryl methyl sites for hydroxylation is 1. The zero-order valence-electron chi connectivity index (χ0n) is 19.6. The van der Waals surface area contributed by atoms with Gasteiger partial charge in [-0.05, 0) is 52.3 Å². The largest absolute Gasteiger partial charge is 0.490 e. The summed E-state index contributed by atoms with van der Waals surface area (Å²) in [5.74, 6) is 1.33. The standard InChI is InChI=1S/C24H31N7O2/c1-5-33-22-14-31-18(10-15(2)28-31)11-20(22)27-24(32)30-9-7-19-21(6-8-25-23(19)30)29-12-16(3)26-17(4)13-29/h6,8,10-11,14,16-17,26H,5,7,9,12-13H2,1-4H3,(H,27,32)/t16-,17+. The molecule has 9 heteroatoms. The molecule has 0 radical (unpaired) electrons. The average molecular weight is 450 g/mol. The third kappa shape index (κ3) is 4.08. The molecule has 0 saturated carbocycles. The molecular formula is C24H31N7O2. The van der Waals surface area contributed by atoms with Gasteiger partial charge in [0, 0.05) is 49.2 Å². The van der Waals surface area contributed by atoms with Gasteiger partial charge in [-0.1, -0.05) is 0 Å². The summed E-state index contributed by atoms with van der Waals surface area (Å²) in [6, 6.07) is 6.57. The number of hydrogen-bond acceptors (Lipinski definition) is 6. The van der Waals surface area contributed by atoms with Gasteiger partial charge in [0.1, 0.15) is 5.82 Å². The fraction of sp³-hybridized carbons (Fsp3) is 0.458. The maximum Gasteiger partial charge on any atom is 0.327 e. The summed E-state index contributed by atoms with van der Waals surface area (Å²) < 4.78 is 7.55. The number of nitrogens with one attached hydrogen (secondary N) is 2. The van der Waals surface area contributed by atoms with Gasteiger partial charge >= 0.3 is 6.03 Å². The van der Waals surface area contributed by atoms with Crippen LogP contribution in [0.5, 0.6) is 5.75 Å². The minimum absolute atomic E-state index is 0.206. The zero-order valence-corrected chi connectivity index (χ0v) is 19.6. The van der Waals surface area contributed by atoms with Gasteiger partial charge in [-0.25, -0.2) is 14.3 Å². The summed E-state index contributed by atoms with van der Waals surface area (Å²) in [6.45, 7) is 11.2. The molecule has 2 N–H and O–H groups in total. The Morgan fingerprint density at radius 3 is 2.82 bits per heavy atom. The van der Waals surface area contributed by atoms with E-state index in [4.69, 9.17) is 4.74 Å². The SMILES string of the molecule is CCOc1cn2nc(C)cc2cc1NC(=O)N1CCc2c(N3C[C@@H](C)N[C@@H](C)C3)ccnc21. The van der Waals surface area contributed by atoms with Crippen LogP contribution in [-0.2, 0) is 6.42 Å². The predicted molar refractivity (Wildman–Crippen MR) is 130 cm³/mol. The van der Waals surface area contributed by atoms with Gasteiger partial charge in [-0.15, -0.1) is 0 Å². The smallest absolute Gasteiger partial charge is 0.327 e. The highest BCUT2D eigenvalue weighted by atomic mass is 16.5. The quantitative estimate of drug-likeness (QED) is 0.636. The highest BCUT2D eigenvalue weighted by molar-refractivity contribution is 6.04. The molecule has 2 amide bonds. The fourth-order valence-electron chi connectivity index (χ4n) is 4.99. The summed E-state index contributed by atoms with van der Waals surface area (Å²) in [6.07, 6.45) is 4.41. The van der Waals surface area contributed by atoms with Crippen molar-refractivity contribution in [1.29, 1.82) is 0 Å². The molecule has 3 aromatic rings. The summed E-state index contributed by atoms with van der Waals surface area (Å²) in [5.41, 5.74) is 4.75. The van der Waals surface area contributed by atoms with Crippen LogP contribution < -0.4 is 25.2 Å². The van der Waals surface area contributed by atoms with Crippen molar-refractivity contribution in [3.05, 3.63) is 41.9 Å². The number of amides is 2. The van der Waals surface area contributed by atoms with Gasteiger partial charge < -0.3 is 20.3 Å². The number of nitrogens with zero attached hydrogens (tertiary/aromatic N) is 5. The lowest BCUT2D eigenvalue weighted by molar-refractivity contribution is 0.257. The molecule has 2 aliphatic rings. The molecule has 33 heavy (non-hydrogen) atoms. The number of anilines is 3. The highest BCUT2D eigenvalue weighted by Crippen LogP contribution is 2.35. The molecule has 174 valence electrons. The van der Waals surface area contributed by atoms with Gasteiger partial charge in [0.2, 0.25) is 0 Å². The molecule has 0 aliphatic carbocycles. The van der Waals surface area contributed by atoms with E-state index >= 15 is 0 Å². The number of fused-ring (bicyclic) bond motifs is 2. The van der Waals surface area contributed by atoms with Crippen LogP contribution in [0.25, 0.3) is 5.52 Å². The summed E-state index contributed by atoms with van der Waals surface area (Å²) in [5, 5.41) is 11.1. The van der Waals surface area contributed by atoms with Crippen LogP contribution in [0.15, 0.2) is 30.6 Å². The van der Waals surface area contributed by atoms with Gasteiger partial charge in [0.05, 0.1) is 29.7 Å². The topological polar surface area (TPSA) is 87.0 Å². The lowest BCUT2D eigenvalue weighted by Crippen LogP contribution is -2.54. The summed E-state index contributed by atoms with van der Waals surface area (Å²) >= 11 is 0. The van der Waals surface area contributed by atoms with Gasteiger partial charge in [-0.3, -0.25) is 4.90 Å². The molecule has 1 saturated heterocycles. The first-order valence-electron chi connectivity index (χ1n) is 11.6. The second-order valence-electron chi connectivity index (χ2n) is 8.98. The number of hydrogen-bond donors (Lipinski definition) is 2. The van der Waals surface area contributed by atoms with Crippen LogP contribution in [-0.4, -0.2) is 59.0 Å². The number of carbonyl (C=O) groups excluding carboxylic acids is 1. The van der Waals surface area contributed by atoms with Crippen molar-refractivity contribution in [3.63, 3.8) is 0 Å². The number of carbonyl (C=O) groups is 1. The Kier molecular flexibility index (Phi) is 5.57. The lowest BCUT2D eigenvalue weighted by atomic mass is 10.1. The molecule has 9 nitrogen and oxygen atoms in total. The number of piperazine rings is 1. The first kappa shape index (κ1) is 21.5. The van der Waals surface area contributed by atoms with E-state index in [0.29, 0.717) is 36.7 Å². The first-order chi connectivity index (χ1) is 15.9. The molecular weight excluding hydrogens is 418 g/mol. The molecule has 0 unspecified atom stereocenters. The molecule has 2 atom stereocenters. The average Bonchev–Trinajstić information content (AvgIpc) is 3.35. The molecule has 2 aliphatic heterocycles. The van der Waals surface area contributed by atoms with Crippen LogP contribution in [0.2, 0.25) is 0 Å². The molecule has 1 fully saturated rings. The minimum atomic E-state index is -0.206.